The highest BCUT2D eigenvalue weighted by atomic mass is 16.5. The number of benzene rings is 1. The fourth-order valence-corrected chi connectivity index (χ4v) is 2.16. The fourth-order valence-electron chi connectivity index (χ4n) is 2.16. The van der Waals surface area contributed by atoms with E-state index >= 15 is 0 Å². The first-order valence-electron chi connectivity index (χ1n) is 6.42. The average Bonchev–Trinajstić information content (AvgIpc) is 3.23. The van der Waals surface area contributed by atoms with Gasteiger partial charge in [0.05, 0.1) is 19.7 Å². The van der Waals surface area contributed by atoms with Gasteiger partial charge in [-0.05, 0) is 31.9 Å². The third-order valence-electron chi connectivity index (χ3n) is 3.37. The summed E-state index contributed by atoms with van der Waals surface area (Å²) in [5.74, 6) is 2.24. The summed E-state index contributed by atoms with van der Waals surface area (Å²) in [6.45, 7) is 1.99. The monoisotopic (exact) mass is 259 g/mol. The number of aromatic nitrogens is 1. The second-order valence-corrected chi connectivity index (χ2v) is 4.77. The summed E-state index contributed by atoms with van der Waals surface area (Å²) in [5, 5.41) is 0.976. The van der Waals surface area contributed by atoms with Gasteiger partial charge in [0, 0.05) is 17.0 Å². The summed E-state index contributed by atoms with van der Waals surface area (Å²) in [4.78, 5) is 4.59. The number of nitrogens with zero attached hydrogens (tertiary/aromatic N) is 1. The van der Waals surface area contributed by atoms with E-state index in [1.54, 1.807) is 14.2 Å². The topological polar surface area (TPSA) is 40.6 Å². The minimum Gasteiger partial charge on any atom is -0.496 e. The second kappa shape index (κ2) is 4.61. The molecule has 0 atom stereocenters. The van der Waals surface area contributed by atoms with Gasteiger partial charge in [-0.25, -0.2) is 4.98 Å². The lowest BCUT2D eigenvalue weighted by Gasteiger charge is -2.12. The van der Waals surface area contributed by atoms with Crippen molar-refractivity contribution in [1.29, 1.82) is 0 Å². The molecule has 100 valence electrons. The van der Waals surface area contributed by atoms with Gasteiger partial charge in [-0.1, -0.05) is 0 Å². The van der Waals surface area contributed by atoms with Crippen molar-refractivity contribution in [3.8, 4) is 17.4 Å². The molecule has 1 fully saturated rings. The van der Waals surface area contributed by atoms with E-state index in [0.717, 1.165) is 40.8 Å². The molecule has 1 aromatic carbocycles. The van der Waals surface area contributed by atoms with Crippen LogP contribution in [0.4, 0.5) is 0 Å². The number of hydrogen-bond acceptors (Lipinski definition) is 4. The number of ether oxygens (including phenoxy) is 3. The van der Waals surface area contributed by atoms with Crippen LogP contribution in [-0.4, -0.2) is 25.3 Å². The predicted octanol–water partition coefficient (Wildman–Crippen LogP) is 3.10. The summed E-state index contributed by atoms with van der Waals surface area (Å²) in [5.41, 5.74) is 1.87. The van der Waals surface area contributed by atoms with Gasteiger partial charge in [-0.3, -0.25) is 0 Å². The number of methoxy groups -OCH3 is 2. The van der Waals surface area contributed by atoms with Crippen LogP contribution in [0.2, 0.25) is 0 Å². The molecule has 0 aliphatic heterocycles. The fraction of sp³-hybridized carbons (Fsp3) is 0.400. The molecule has 1 aromatic heterocycles. The molecule has 1 aliphatic rings. The molecule has 19 heavy (non-hydrogen) atoms. The van der Waals surface area contributed by atoms with Gasteiger partial charge in [-0.2, -0.15) is 0 Å². The highest BCUT2D eigenvalue weighted by Crippen LogP contribution is 2.35. The third kappa shape index (κ3) is 2.18. The van der Waals surface area contributed by atoms with Crippen molar-refractivity contribution in [3.63, 3.8) is 0 Å². The van der Waals surface area contributed by atoms with Crippen LogP contribution in [0.1, 0.15) is 18.4 Å². The largest absolute Gasteiger partial charge is 0.496 e. The van der Waals surface area contributed by atoms with E-state index in [0.29, 0.717) is 12.0 Å². The molecule has 1 saturated carbocycles. The first-order valence-corrected chi connectivity index (χ1v) is 6.42. The van der Waals surface area contributed by atoms with Crippen molar-refractivity contribution in [2.75, 3.05) is 14.2 Å². The van der Waals surface area contributed by atoms with Gasteiger partial charge in [0.1, 0.15) is 17.6 Å². The zero-order chi connectivity index (χ0) is 13.4. The van der Waals surface area contributed by atoms with E-state index < -0.39 is 0 Å². The Kier molecular flexibility index (Phi) is 2.93. The van der Waals surface area contributed by atoms with Gasteiger partial charge >= 0.3 is 0 Å². The molecule has 4 heteroatoms. The molecule has 1 aliphatic carbocycles. The van der Waals surface area contributed by atoms with Crippen molar-refractivity contribution in [2.45, 2.75) is 25.9 Å². The van der Waals surface area contributed by atoms with Gasteiger partial charge < -0.3 is 14.2 Å². The summed E-state index contributed by atoms with van der Waals surface area (Å²) in [6, 6.07) is 5.75. The molecule has 0 N–H and O–H groups in total. The number of aryl methyl sites for hydroxylation is 1. The van der Waals surface area contributed by atoms with E-state index in [9.17, 15) is 0 Å². The molecule has 3 rings (SSSR count). The number of rotatable bonds is 4. The molecule has 1 heterocycles. The molecule has 0 radical (unpaired) electrons. The van der Waals surface area contributed by atoms with Crippen LogP contribution in [0, 0.1) is 6.92 Å². The first-order chi connectivity index (χ1) is 9.22. The van der Waals surface area contributed by atoms with Crippen LogP contribution in [0.5, 0.6) is 17.4 Å². The smallest absolute Gasteiger partial charge is 0.217 e. The van der Waals surface area contributed by atoms with Crippen LogP contribution < -0.4 is 14.2 Å². The molecule has 0 unspecified atom stereocenters. The maximum Gasteiger partial charge on any atom is 0.217 e. The van der Waals surface area contributed by atoms with E-state index in [1.165, 1.54) is 0 Å². The first kappa shape index (κ1) is 12.1. The van der Waals surface area contributed by atoms with E-state index in [4.69, 9.17) is 14.2 Å². The average molecular weight is 259 g/mol. The Morgan fingerprint density at radius 2 is 1.84 bits per heavy atom. The Bertz CT molecular complexity index is 620. The number of fused-ring (bicyclic) bond motifs is 1. The Morgan fingerprint density at radius 3 is 2.47 bits per heavy atom. The van der Waals surface area contributed by atoms with Gasteiger partial charge in [0.15, 0.2) is 0 Å². The zero-order valence-electron chi connectivity index (χ0n) is 11.4. The summed E-state index contributed by atoms with van der Waals surface area (Å²) < 4.78 is 16.5. The highest BCUT2D eigenvalue weighted by Gasteiger charge is 2.25. The van der Waals surface area contributed by atoms with E-state index in [-0.39, 0.29) is 0 Å². The second-order valence-electron chi connectivity index (χ2n) is 4.77. The van der Waals surface area contributed by atoms with E-state index in [2.05, 4.69) is 4.98 Å². The van der Waals surface area contributed by atoms with Gasteiger partial charge in [0.25, 0.3) is 0 Å². The van der Waals surface area contributed by atoms with Crippen molar-refractivity contribution < 1.29 is 14.2 Å². The molecular weight excluding hydrogens is 242 g/mol. The van der Waals surface area contributed by atoms with Crippen LogP contribution in [-0.2, 0) is 0 Å². The quantitative estimate of drug-likeness (QED) is 0.846. The van der Waals surface area contributed by atoms with Crippen LogP contribution in [0.15, 0.2) is 18.2 Å². The normalized spacial score (nSPS) is 14.5. The summed E-state index contributed by atoms with van der Waals surface area (Å²) in [7, 11) is 3.32. The zero-order valence-corrected chi connectivity index (χ0v) is 11.4. The Hall–Kier alpha value is -1.97. The Labute approximate surface area is 112 Å². The van der Waals surface area contributed by atoms with Crippen molar-refractivity contribution in [2.24, 2.45) is 0 Å². The standard InChI is InChI=1S/C15H17NO3/c1-9-12(17-2)7-6-11-13(18-3)8-14(16-15(9)11)19-10-4-5-10/h6-8,10H,4-5H2,1-3H3. The lowest BCUT2D eigenvalue weighted by molar-refractivity contribution is 0.290. The Balaban J connectivity index is 2.17. The van der Waals surface area contributed by atoms with Gasteiger partial charge in [-0.15, -0.1) is 0 Å². The lowest BCUT2D eigenvalue weighted by Crippen LogP contribution is -2.00. The minimum atomic E-state index is 0.320. The lowest BCUT2D eigenvalue weighted by atomic mass is 10.1. The molecule has 2 aromatic rings. The Morgan fingerprint density at radius 1 is 1.11 bits per heavy atom. The predicted molar refractivity (Wildman–Crippen MR) is 73.2 cm³/mol. The van der Waals surface area contributed by atoms with Gasteiger partial charge in [0.2, 0.25) is 5.88 Å². The third-order valence-corrected chi connectivity index (χ3v) is 3.37. The molecule has 0 saturated heterocycles. The highest BCUT2D eigenvalue weighted by molar-refractivity contribution is 5.89. The van der Waals surface area contributed by atoms with Crippen LogP contribution in [0.3, 0.4) is 0 Å². The molecular formula is C15H17NO3. The summed E-state index contributed by atoms with van der Waals surface area (Å²) >= 11 is 0. The number of pyridine rings is 1. The summed E-state index contributed by atoms with van der Waals surface area (Å²) in [6.07, 6.45) is 2.54. The molecule has 0 spiro atoms. The van der Waals surface area contributed by atoms with Crippen LogP contribution >= 0.6 is 0 Å². The molecule has 4 nitrogen and oxygen atoms in total. The maximum atomic E-state index is 5.77. The molecule has 0 bridgehead atoms. The maximum absolute atomic E-state index is 5.77. The minimum absolute atomic E-state index is 0.320. The SMILES string of the molecule is COc1ccc2c(OC)cc(OC3CC3)nc2c1C. The van der Waals surface area contributed by atoms with Crippen molar-refractivity contribution >= 4 is 10.9 Å². The van der Waals surface area contributed by atoms with E-state index in [1.807, 2.05) is 25.1 Å². The molecule has 0 amide bonds. The van der Waals surface area contributed by atoms with Crippen molar-refractivity contribution in [3.05, 3.63) is 23.8 Å². The van der Waals surface area contributed by atoms with Crippen molar-refractivity contribution in [1.82, 2.24) is 4.98 Å². The van der Waals surface area contributed by atoms with Crippen LogP contribution in [0.25, 0.3) is 10.9 Å². The number of hydrogen-bond donors (Lipinski definition) is 0.